The lowest BCUT2D eigenvalue weighted by Crippen LogP contribution is -2.09. The zero-order valence-electron chi connectivity index (χ0n) is 20.0. The summed E-state index contributed by atoms with van der Waals surface area (Å²) in [7, 11) is 0. The van der Waals surface area contributed by atoms with Crippen molar-refractivity contribution in [2.45, 2.75) is 71.6 Å². The Morgan fingerprint density at radius 2 is 0.806 bits per heavy atom. The molecule has 0 atom stereocenters. The molecule has 4 aliphatic carbocycles. The van der Waals surface area contributed by atoms with E-state index in [4.69, 9.17) is 0 Å². The minimum atomic E-state index is 0.179. The van der Waals surface area contributed by atoms with Gasteiger partial charge in [0, 0.05) is 0 Å². The third kappa shape index (κ3) is 4.69. The Hall–Kier alpha value is -2.60. The van der Waals surface area contributed by atoms with Gasteiger partial charge in [-0.25, -0.2) is 0 Å². The van der Waals surface area contributed by atoms with E-state index in [2.05, 4.69) is 114 Å². The van der Waals surface area contributed by atoms with Gasteiger partial charge in [-0.1, -0.05) is 114 Å². The number of fused-ring (bicyclic) bond motifs is 2. The maximum atomic E-state index is 2.33. The van der Waals surface area contributed by atoms with Crippen LogP contribution in [0.25, 0.3) is 22.3 Å². The number of rotatable bonds is 4. The van der Waals surface area contributed by atoms with Gasteiger partial charge in [0.15, 0.2) is 0 Å². The van der Waals surface area contributed by atoms with Crippen LogP contribution in [-0.4, -0.2) is 0 Å². The number of hydrogen-bond acceptors (Lipinski definition) is 0. The second-order valence-electron chi connectivity index (χ2n) is 11.1. The van der Waals surface area contributed by atoms with Crippen LogP contribution >= 0.6 is 0 Å². The van der Waals surface area contributed by atoms with Gasteiger partial charge in [0.25, 0.3) is 0 Å². The summed E-state index contributed by atoms with van der Waals surface area (Å²) in [6.45, 7) is 13.7. The summed E-state index contributed by atoms with van der Waals surface area (Å²) in [6.07, 6.45) is 3.42. The SMILES string of the molecule is CC(C)(C)c1ccc2ccc(CCCc3ccc4ccc(C(C)(C)C)ccc3-4)c-2cc1. The van der Waals surface area contributed by atoms with Gasteiger partial charge in [0.05, 0.1) is 0 Å². The highest BCUT2D eigenvalue weighted by Gasteiger charge is 2.16. The summed E-state index contributed by atoms with van der Waals surface area (Å²) < 4.78 is 0. The largest absolute Gasteiger partial charge is 0.0579 e. The Morgan fingerprint density at radius 3 is 1.19 bits per heavy atom. The summed E-state index contributed by atoms with van der Waals surface area (Å²) in [5.41, 5.74) is 11.6. The monoisotopic (exact) mass is 408 g/mol. The van der Waals surface area contributed by atoms with E-state index in [0.717, 1.165) is 12.8 Å². The van der Waals surface area contributed by atoms with Gasteiger partial charge in [0.1, 0.15) is 0 Å². The van der Waals surface area contributed by atoms with E-state index >= 15 is 0 Å². The lowest BCUT2D eigenvalue weighted by atomic mass is 9.88. The van der Waals surface area contributed by atoms with Crippen molar-refractivity contribution in [3.63, 3.8) is 0 Å². The molecular formula is C31H36. The van der Waals surface area contributed by atoms with E-state index in [-0.39, 0.29) is 10.8 Å². The van der Waals surface area contributed by atoms with Crippen LogP contribution in [0.1, 0.15) is 70.2 Å². The predicted octanol–water partition coefficient (Wildman–Crippen LogP) is 8.67. The first-order valence-corrected chi connectivity index (χ1v) is 11.7. The normalized spacial score (nSPS) is 12.6. The molecule has 0 bridgehead atoms. The molecule has 0 saturated heterocycles. The molecule has 0 aromatic carbocycles. The maximum Gasteiger partial charge on any atom is -0.0132 e. The van der Waals surface area contributed by atoms with E-state index in [9.17, 15) is 0 Å². The fourth-order valence-electron chi connectivity index (χ4n) is 4.53. The van der Waals surface area contributed by atoms with Crippen molar-refractivity contribution in [3.05, 3.63) is 95.1 Å². The van der Waals surface area contributed by atoms with Crippen LogP contribution in [0.4, 0.5) is 0 Å². The standard InChI is InChI=1S/C31H36/c1-30(2,3)26-16-14-24-12-10-22(28(24)20-18-26)8-7-9-23-11-13-25-15-17-27(31(4,5)6)19-21-29(23)25/h10-21H,7-9H2,1-6H3. The van der Waals surface area contributed by atoms with Crippen LogP contribution in [0.2, 0.25) is 0 Å². The summed E-state index contributed by atoms with van der Waals surface area (Å²) in [4.78, 5) is 0. The summed E-state index contributed by atoms with van der Waals surface area (Å²) >= 11 is 0. The molecule has 0 aliphatic heterocycles. The summed E-state index contributed by atoms with van der Waals surface area (Å²) in [5, 5.41) is 0. The van der Waals surface area contributed by atoms with Crippen molar-refractivity contribution < 1.29 is 0 Å². The molecule has 31 heavy (non-hydrogen) atoms. The third-order valence-electron chi connectivity index (χ3n) is 6.61. The van der Waals surface area contributed by atoms with Gasteiger partial charge in [-0.15, -0.1) is 0 Å². The molecule has 0 aromatic heterocycles. The molecule has 0 amide bonds. The Labute approximate surface area is 189 Å². The van der Waals surface area contributed by atoms with Crippen LogP contribution in [0.3, 0.4) is 0 Å². The highest BCUT2D eigenvalue weighted by atomic mass is 14.2. The minimum absolute atomic E-state index is 0.179. The first-order valence-electron chi connectivity index (χ1n) is 11.7. The van der Waals surface area contributed by atoms with E-state index in [1.54, 1.807) is 0 Å². The van der Waals surface area contributed by atoms with Crippen molar-refractivity contribution in [1.29, 1.82) is 0 Å². The van der Waals surface area contributed by atoms with Crippen LogP contribution < -0.4 is 0 Å². The minimum Gasteiger partial charge on any atom is -0.0579 e. The van der Waals surface area contributed by atoms with Crippen LogP contribution in [0.5, 0.6) is 0 Å². The second-order valence-corrected chi connectivity index (χ2v) is 11.1. The zero-order chi connectivity index (χ0) is 22.2. The van der Waals surface area contributed by atoms with Crippen LogP contribution in [-0.2, 0) is 23.7 Å². The quantitative estimate of drug-likeness (QED) is 0.317. The average molecular weight is 409 g/mol. The van der Waals surface area contributed by atoms with Crippen molar-refractivity contribution in [3.8, 4) is 22.3 Å². The second kappa shape index (κ2) is 8.15. The molecule has 0 spiro atoms. The topological polar surface area (TPSA) is 0 Å². The number of hydrogen-bond donors (Lipinski definition) is 0. The van der Waals surface area contributed by atoms with Crippen LogP contribution in [0, 0.1) is 0 Å². The highest BCUT2D eigenvalue weighted by Crippen LogP contribution is 2.33. The Bertz CT molecular complexity index is 1030. The van der Waals surface area contributed by atoms with Gasteiger partial charge in [-0.3, -0.25) is 0 Å². The molecule has 0 heteroatoms. The molecule has 0 nitrogen and oxygen atoms in total. The smallest absolute Gasteiger partial charge is 0.0132 e. The van der Waals surface area contributed by atoms with E-state index in [1.165, 1.54) is 50.9 Å². The van der Waals surface area contributed by atoms with Gasteiger partial charge in [0.2, 0.25) is 0 Å². The van der Waals surface area contributed by atoms with Gasteiger partial charge < -0.3 is 0 Å². The van der Waals surface area contributed by atoms with Crippen molar-refractivity contribution >= 4 is 0 Å². The summed E-state index contributed by atoms with van der Waals surface area (Å²) in [5.74, 6) is 0. The van der Waals surface area contributed by atoms with Crippen molar-refractivity contribution in [2.24, 2.45) is 0 Å². The van der Waals surface area contributed by atoms with E-state index < -0.39 is 0 Å². The molecule has 0 radical (unpaired) electrons. The molecule has 0 N–H and O–H groups in total. The highest BCUT2D eigenvalue weighted by molar-refractivity contribution is 5.72. The molecule has 4 rings (SSSR count). The van der Waals surface area contributed by atoms with Gasteiger partial charge in [-0.2, -0.15) is 0 Å². The molecular weight excluding hydrogens is 372 g/mol. The molecule has 0 unspecified atom stereocenters. The Balaban J connectivity index is 1.50. The predicted molar refractivity (Wildman–Crippen MR) is 136 cm³/mol. The number of aryl methyl sites for hydroxylation is 2. The molecule has 0 heterocycles. The van der Waals surface area contributed by atoms with Crippen LogP contribution in [0.15, 0.2) is 72.8 Å². The van der Waals surface area contributed by atoms with Crippen molar-refractivity contribution in [2.75, 3.05) is 0 Å². The van der Waals surface area contributed by atoms with Gasteiger partial charge in [-0.05, 0) is 74.6 Å². The first kappa shape index (κ1) is 21.6. The third-order valence-corrected chi connectivity index (χ3v) is 6.61. The van der Waals surface area contributed by atoms with Gasteiger partial charge >= 0.3 is 0 Å². The van der Waals surface area contributed by atoms with E-state index in [0.29, 0.717) is 0 Å². The lowest BCUT2D eigenvalue weighted by Gasteiger charge is -2.17. The summed E-state index contributed by atoms with van der Waals surface area (Å²) in [6, 6.07) is 27.6. The average Bonchev–Trinajstić information content (AvgIpc) is 3.06. The Morgan fingerprint density at radius 1 is 0.452 bits per heavy atom. The molecule has 0 saturated carbocycles. The molecule has 0 aromatic rings. The zero-order valence-corrected chi connectivity index (χ0v) is 20.0. The fraction of sp³-hybridized carbons (Fsp3) is 0.355. The Kier molecular flexibility index (Phi) is 5.69. The van der Waals surface area contributed by atoms with E-state index in [1.807, 2.05) is 0 Å². The molecule has 160 valence electrons. The molecule has 0 fully saturated rings. The maximum absolute atomic E-state index is 2.33. The molecule has 4 aliphatic rings. The fourth-order valence-corrected chi connectivity index (χ4v) is 4.53. The lowest BCUT2D eigenvalue weighted by molar-refractivity contribution is 0.590. The first-order chi connectivity index (χ1) is 14.6. The van der Waals surface area contributed by atoms with Crippen molar-refractivity contribution in [1.82, 2.24) is 0 Å².